The average Bonchev–Trinajstić information content (AvgIpc) is 3.74. The lowest BCUT2D eigenvalue weighted by Crippen LogP contribution is -2.54. The van der Waals surface area contributed by atoms with Gasteiger partial charge in [0.2, 0.25) is 0 Å². The van der Waals surface area contributed by atoms with Crippen LogP contribution in [0.5, 0.6) is 0 Å². The number of para-hydroxylation sites is 2. The number of piperidine rings is 1. The Morgan fingerprint density at radius 2 is 1.60 bits per heavy atom. The molecule has 1 aliphatic heterocycles. The van der Waals surface area contributed by atoms with Crippen molar-refractivity contribution in [3.63, 3.8) is 0 Å². The van der Waals surface area contributed by atoms with Crippen LogP contribution >= 0.6 is 0 Å². The first-order chi connectivity index (χ1) is 21.1. The molecule has 3 atom stereocenters. The van der Waals surface area contributed by atoms with E-state index in [0.29, 0.717) is 12.1 Å². The zero-order chi connectivity index (χ0) is 33.3. The molecule has 0 aromatic heterocycles. The summed E-state index contributed by atoms with van der Waals surface area (Å²) in [4.78, 5) is 41.4. The molecule has 1 aliphatic carbocycles. The van der Waals surface area contributed by atoms with Gasteiger partial charge in [0.1, 0.15) is 5.71 Å². The molecule has 1 saturated heterocycles. The summed E-state index contributed by atoms with van der Waals surface area (Å²) in [6.45, 7) is 7.93. The van der Waals surface area contributed by atoms with Gasteiger partial charge in [-0.2, -0.15) is 36.0 Å². The van der Waals surface area contributed by atoms with E-state index in [0.717, 1.165) is 11.1 Å². The topological polar surface area (TPSA) is 126 Å². The van der Waals surface area contributed by atoms with Crippen LogP contribution in [0, 0.1) is 17.3 Å². The molecule has 2 fully saturated rings. The smallest absolute Gasteiger partial charge is 0.449 e. The maximum atomic E-state index is 14.3. The predicted octanol–water partition coefficient (Wildman–Crippen LogP) is 5.91. The Kier molecular flexibility index (Phi) is 9.52. The molecule has 0 radical (unpaired) electrons. The van der Waals surface area contributed by atoms with Crippen molar-refractivity contribution in [2.24, 2.45) is 22.4 Å². The zero-order valence-corrected chi connectivity index (χ0v) is 26.3. The molecule has 1 heterocycles. The minimum absolute atomic E-state index is 0.0522. The van der Waals surface area contributed by atoms with E-state index in [-0.39, 0.29) is 42.9 Å². The van der Waals surface area contributed by atoms with E-state index in [1.165, 1.54) is 30.0 Å². The first-order valence-corrected chi connectivity index (χ1v) is 15.9. The summed E-state index contributed by atoms with van der Waals surface area (Å²) in [7, 11) is -6.23. The van der Waals surface area contributed by atoms with Crippen LogP contribution in [0.2, 0.25) is 0 Å². The summed E-state index contributed by atoms with van der Waals surface area (Å²) in [6, 6.07) is 13.0. The van der Waals surface area contributed by atoms with Crippen LogP contribution < -0.4 is 9.31 Å². The number of halogens is 3. The first kappa shape index (κ1) is 33.7. The molecular formula is C30H35F3N4O7S. The van der Waals surface area contributed by atoms with Gasteiger partial charge in [0.15, 0.2) is 0 Å². The van der Waals surface area contributed by atoms with E-state index in [1.807, 2.05) is 13.8 Å². The highest BCUT2D eigenvalue weighted by Crippen LogP contribution is 2.64. The van der Waals surface area contributed by atoms with Crippen LogP contribution in [-0.2, 0) is 30.8 Å². The van der Waals surface area contributed by atoms with E-state index in [9.17, 15) is 36.0 Å². The highest BCUT2D eigenvalue weighted by atomic mass is 32.2. The number of ether oxygens (including phenoxy) is 2. The highest BCUT2D eigenvalue weighted by Gasteiger charge is 2.68. The van der Waals surface area contributed by atoms with Crippen LogP contribution in [0.1, 0.15) is 46.6 Å². The monoisotopic (exact) mass is 652 g/mol. The third kappa shape index (κ3) is 6.09. The van der Waals surface area contributed by atoms with Crippen molar-refractivity contribution in [2.45, 2.75) is 59.1 Å². The molecule has 0 bridgehead atoms. The number of amides is 3. The summed E-state index contributed by atoms with van der Waals surface area (Å²) < 4.78 is 75.9. The summed E-state index contributed by atoms with van der Waals surface area (Å²) >= 11 is 0. The van der Waals surface area contributed by atoms with Gasteiger partial charge in [0.05, 0.1) is 24.6 Å². The van der Waals surface area contributed by atoms with Crippen molar-refractivity contribution in [3.05, 3.63) is 60.2 Å². The van der Waals surface area contributed by atoms with Crippen LogP contribution in [0.25, 0.3) is 0 Å². The number of carbonyl (C=O) groups is 3. The molecule has 0 spiro atoms. The van der Waals surface area contributed by atoms with Gasteiger partial charge < -0.3 is 14.4 Å². The molecule has 2 aromatic carbocycles. The van der Waals surface area contributed by atoms with Gasteiger partial charge >= 0.3 is 27.7 Å². The van der Waals surface area contributed by atoms with Gasteiger partial charge in [0, 0.05) is 18.0 Å². The standard InChI is InChI=1S/C30H35F3N4O7S/c1-6-43-27(39)36(22-14-9-8-10-15-22)34-25-26(38)35(20(5)23-17-29(23,25)19(3)4)18-21-13-11-12-16-24(21)37(28(40)44-7-2)45(41,42)30(31,32)33/h8-16,19-20,23H,6-7,17-18H2,1-5H3/b34-25+/t20-,23-,29+/m1/s1. The number of benzene rings is 2. The number of carbonyl (C=O) groups excluding carboxylic acids is 3. The van der Waals surface area contributed by atoms with Crippen molar-refractivity contribution in [1.29, 1.82) is 0 Å². The normalized spacial score (nSPS) is 22.2. The number of anilines is 2. The molecule has 11 nitrogen and oxygen atoms in total. The molecule has 0 N–H and O–H groups in total. The number of sulfonamides is 1. The molecule has 3 amide bonds. The predicted molar refractivity (Wildman–Crippen MR) is 160 cm³/mol. The Balaban J connectivity index is 1.82. The molecule has 2 aliphatic rings. The van der Waals surface area contributed by atoms with E-state index in [1.54, 1.807) is 44.2 Å². The van der Waals surface area contributed by atoms with Gasteiger partial charge in [-0.25, -0.2) is 9.59 Å². The summed E-state index contributed by atoms with van der Waals surface area (Å²) in [5.74, 6) is -0.787. The Hall–Kier alpha value is -4.14. The number of hydrazone groups is 1. The quantitative estimate of drug-likeness (QED) is 0.308. The first-order valence-electron chi connectivity index (χ1n) is 14.4. The molecule has 0 unspecified atom stereocenters. The fourth-order valence-electron chi connectivity index (χ4n) is 5.90. The number of rotatable bonds is 9. The minimum Gasteiger partial charge on any atom is -0.449 e. The fraction of sp³-hybridized carbons (Fsp3) is 0.467. The van der Waals surface area contributed by atoms with Crippen molar-refractivity contribution in [2.75, 3.05) is 22.5 Å². The van der Waals surface area contributed by atoms with E-state index >= 15 is 0 Å². The van der Waals surface area contributed by atoms with Crippen LogP contribution in [0.3, 0.4) is 0 Å². The highest BCUT2D eigenvalue weighted by molar-refractivity contribution is 7.94. The number of nitrogens with zero attached hydrogens (tertiary/aromatic N) is 4. The van der Waals surface area contributed by atoms with Crippen LogP contribution in [-0.4, -0.2) is 61.9 Å². The van der Waals surface area contributed by atoms with E-state index in [4.69, 9.17) is 9.47 Å². The van der Waals surface area contributed by atoms with Crippen molar-refractivity contribution >= 4 is 45.2 Å². The number of likely N-dealkylation sites (tertiary alicyclic amines) is 1. The molecular weight excluding hydrogens is 617 g/mol. The Bertz CT molecular complexity index is 1580. The maximum absolute atomic E-state index is 14.3. The van der Waals surface area contributed by atoms with E-state index in [2.05, 4.69) is 5.10 Å². The molecule has 4 rings (SSSR count). The summed E-state index contributed by atoms with van der Waals surface area (Å²) in [5, 5.41) is 5.60. The molecule has 1 saturated carbocycles. The van der Waals surface area contributed by atoms with Gasteiger partial charge in [-0.1, -0.05) is 50.2 Å². The lowest BCUT2D eigenvalue weighted by Gasteiger charge is -2.40. The maximum Gasteiger partial charge on any atom is 0.517 e. The Morgan fingerprint density at radius 1 is 1.02 bits per heavy atom. The third-order valence-corrected chi connectivity index (χ3v) is 9.64. The second kappa shape index (κ2) is 12.7. The number of alkyl halides is 3. The minimum atomic E-state index is -6.23. The Morgan fingerprint density at radius 3 is 2.18 bits per heavy atom. The second-order valence-electron chi connectivity index (χ2n) is 11.0. The van der Waals surface area contributed by atoms with E-state index < -0.39 is 55.1 Å². The van der Waals surface area contributed by atoms with Gasteiger partial charge in [-0.05, 0) is 62.8 Å². The van der Waals surface area contributed by atoms with Crippen LogP contribution in [0.4, 0.5) is 34.1 Å². The number of hydrogen-bond donors (Lipinski definition) is 0. The molecule has 244 valence electrons. The third-order valence-electron chi connectivity index (χ3n) is 8.23. The largest absolute Gasteiger partial charge is 0.517 e. The fourth-order valence-corrected chi connectivity index (χ4v) is 6.79. The van der Waals surface area contributed by atoms with Crippen molar-refractivity contribution in [3.8, 4) is 0 Å². The number of hydrogen-bond acceptors (Lipinski definition) is 8. The van der Waals surface area contributed by atoms with Crippen LogP contribution in [0.15, 0.2) is 59.7 Å². The average molecular weight is 653 g/mol. The lowest BCUT2D eigenvalue weighted by molar-refractivity contribution is -0.129. The Labute approximate surface area is 259 Å². The second-order valence-corrected chi connectivity index (χ2v) is 12.8. The van der Waals surface area contributed by atoms with Gasteiger partial charge in [0.25, 0.3) is 5.91 Å². The van der Waals surface area contributed by atoms with Crippen molar-refractivity contribution < 1.29 is 45.4 Å². The number of fused-ring (bicyclic) bond motifs is 1. The van der Waals surface area contributed by atoms with Gasteiger partial charge in [-0.15, -0.1) is 0 Å². The summed E-state index contributed by atoms with van der Waals surface area (Å²) in [6.07, 6.45) is -1.99. The van der Waals surface area contributed by atoms with Crippen molar-refractivity contribution in [1.82, 2.24) is 4.90 Å². The van der Waals surface area contributed by atoms with Gasteiger partial charge in [-0.3, -0.25) is 4.79 Å². The zero-order valence-electron chi connectivity index (χ0n) is 25.4. The molecule has 15 heteroatoms. The molecule has 2 aromatic rings. The SMILES string of the molecule is CCOC(=O)N(/N=C1\C(=O)N(Cc2ccccc2N(C(=O)OCC)S(=O)(=O)C(F)(F)F)[C@H](C)[C@H]2C[C@@]12C(C)C)c1ccccc1. The molecule has 45 heavy (non-hydrogen) atoms. The summed E-state index contributed by atoms with van der Waals surface area (Å²) in [5.41, 5.74) is -6.75. The lowest BCUT2D eigenvalue weighted by atomic mass is 9.79.